The van der Waals surface area contributed by atoms with Crippen molar-refractivity contribution in [3.05, 3.63) is 35.4 Å². The summed E-state index contributed by atoms with van der Waals surface area (Å²) < 4.78 is 5.69. The largest absolute Gasteiger partial charge is 0.494 e. The summed E-state index contributed by atoms with van der Waals surface area (Å²) in [4.78, 5) is 11.4. The normalized spacial score (nSPS) is 16.4. The standard InChI is InChI=1S/C16H22N2O2/c1-2-3-4-5-10-20-15-8-6-13(7-9-15)11-14-12-17-18-16(14)19/h6-9,11,17H,2-5,10,12H2,1H3,(H,18,19)/b14-11+. The first-order valence-electron chi connectivity index (χ1n) is 7.26. The number of carbonyl (C=O) groups is 1. The Balaban J connectivity index is 1.82. The van der Waals surface area contributed by atoms with Crippen LogP contribution in [0.15, 0.2) is 29.8 Å². The predicted octanol–water partition coefficient (Wildman–Crippen LogP) is 2.66. The lowest BCUT2D eigenvalue weighted by Gasteiger charge is -2.06. The number of nitrogens with one attached hydrogen (secondary N) is 2. The van der Waals surface area contributed by atoms with E-state index in [1.165, 1.54) is 19.3 Å². The lowest BCUT2D eigenvalue weighted by atomic mass is 10.1. The molecule has 20 heavy (non-hydrogen) atoms. The molecule has 0 bridgehead atoms. The molecule has 1 aliphatic heterocycles. The van der Waals surface area contributed by atoms with Gasteiger partial charge in [0, 0.05) is 12.1 Å². The summed E-state index contributed by atoms with van der Waals surface area (Å²) in [7, 11) is 0. The summed E-state index contributed by atoms with van der Waals surface area (Å²) in [5.74, 6) is 0.832. The third-order valence-corrected chi connectivity index (χ3v) is 3.26. The molecule has 0 unspecified atom stereocenters. The molecule has 0 saturated carbocycles. The second kappa shape index (κ2) is 7.70. The van der Waals surface area contributed by atoms with Crippen molar-refractivity contribution >= 4 is 12.0 Å². The fraction of sp³-hybridized carbons (Fsp3) is 0.438. The zero-order chi connectivity index (χ0) is 14.2. The molecule has 2 N–H and O–H groups in total. The highest BCUT2D eigenvalue weighted by molar-refractivity contribution is 5.99. The summed E-state index contributed by atoms with van der Waals surface area (Å²) in [6, 6.07) is 7.85. The van der Waals surface area contributed by atoms with Crippen molar-refractivity contribution < 1.29 is 9.53 Å². The second-order valence-corrected chi connectivity index (χ2v) is 4.96. The van der Waals surface area contributed by atoms with Gasteiger partial charge in [-0.2, -0.15) is 0 Å². The van der Waals surface area contributed by atoms with Crippen molar-refractivity contribution in [3.8, 4) is 5.75 Å². The molecule has 1 aromatic carbocycles. The molecule has 4 heteroatoms. The molecule has 1 aromatic rings. The zero-order valence-corrected chi connectivity index (χ0v) is 11.9. The average molecular weight is 274 g/mol. The fourth-order valence-corrected chi connectivity index (χ4v) is 2.08. The van der Waals surface area contributed by atoms with E-state index in [4.69, 9.17) is 4.74 Å². The van der Waals surface area contributed by atoms with Crippen molar-refractivity contribution in [1.82, 2.24) is 10.9 Å². The van der Waals surface area contributed by atoms with E-state index in [1.807, 2.05) is 30.3 Å². The van der Waals surface area contributed by atoms with Crippen LogP contribution in [0.3, 0.4) is 0 Å². The van der Waals surface area contributed by atoms with Crippen molar-refractivity contribution in [3.63, 3.8) is 0 Å². The molecule has 1 amide bonds. The summed E-state index contributed by atoms with van der Waals surface area (Å²) in [5.41, 5.74) is 7.13. The van der Waals surface area contributed by atoms with Gasteiger partial charge < -0.3 is 4.74 Å². The molecule has 1 aliphatic rings. The first-order valence-corrected chi connectivity index (χ1v) is 7.26. The first-order chi connectivity index (χ1) is 9.79. The Kier molecular flexibility index (Phi) is 5.62. The molecule has 1 heterocycles. The van der Waals surface area contributed by atoms with E-state index in [1.54, 1.807) is 0 Å². The SMILES string of the molecule is CCCCCCOc1ccc(/C=C2\CNNC2=O)cc1. The van der Waals surface area contributed by atoms with Crippen LogP contribution in [0.25, 0.3) is 6.08 Å². The maximum Gasteiger partial charge on any atom is 0.262 e. The number of hydrazine groups is 1. The van der Waals surface area contributed by atoms with Crippen LogP contribution < -0.4 is 15.6 Å². The summed E-state index contributed by atoms with van der Waals surface area (Å²) >= 11 is 0. The van der Waals surface area contributed by atoms with Crippen LogP contribution in [0, 0.1) is 0 Å². The van der Waals surface area contributed by atoms with Crippen molar-refractivity contribution in [2.75, 3.05) is 13.2 Å². The van der Waals surface area contributed by atoms with E-state index in [9.17, 15) is 4.79 Å². The van der Waals surface area contributed by atoms with Gasteiger partial charge in [-0.15, -0.1) is 0 Å². The Morgan fingerprint density at radius 1 is 1.20 bits per heavy atom. The van der Waals surface area contributed by atoms with Gasteiger partial charge in [-0.05, 0) is 30.2 Å². The lowest BCUT2D eigenvalue weighted by Crippen LogP contribution is -2.25. The Morgan fingerprint density at radius 3 is 2.65 bits per heavy atom. The van der Waals surface area contributed by atoms with Gasteiger partial charge in [0.25, 0.3) is 5.91 Å². The van der Waals surface area contributed by atoms with Crippen molar-refractivity contribution in [2.45, 2.75) is 32.6 Å². The van der Waals surface area contributed by atoms with Gasteiger partial charge in [0.05, 0.1) is 6.61 Å². The Labute approximate surface area is 120 Å². The molecule has 0 atom stereocenters. The van der Waals surface area contributed by atoms with Gasteiger partial charge in [-0.3, -0.25) is 10.2 Å². The minimum atomic E-state index is -0.0544. The van der Waals surface area contributed by atoms with Crippen molar-refractivity contribution in [2.24, 2.45) is 0 Å². The van der Waals surface area contributed by atoms with Crippen molar-refractivity contribution in [1.29, 1.82) is 0 Å². The van der Waals surface area contributed by atoms with Gasteiger partial charge >= 0.3 is 0 Å². The van der Waals surface area contributed by atoms with E-state index in [2.05, 4.69) is 17.8 Å². The van der Waals surface area contributed by atoms with Gasteiger partial charge in [0.15, 0.2) is 0 Å². The highest BCUT2D eigenvalue weighted by atomic mass is 16.5. The fourth-order valence-electron chi connectivity index (χ4n) is 2.08. The summed E-state index contributed by atoms with van der Waals surface area (Å²) in [6.07, 6.45) is 6.73. The highest BCUT2D eigenvalue weighted by Gasteiger charge is 2.14. The Morgan fingerprint density at radius 2 is 2.00 bits per heavy atom. The van der Waals surface area contributed by atoms with Gasteiger partial charge in [0.1, 0.15) is 5.75 Å². The maximum absolute atomic E-state index is 11.4. The third-order valence-electron chi connectivity index (χ3n) is 3.26. The number of benzene rings is 1. The Hall–Kier alpha value is -1.81. The maximum atomic E-state index is 11.4. The molecular formula is C16H22N2O2. The molecule has 1 saturated heterocycles. The molecule has 0 aliphatic carbocycles. The predicted molar refractivity (Wildman–Crippen MR) is 80.2 cm³/mol. The molecule has 0 radical (unpaired) electrons. The van der Waals surface area contributed by atoms with E-state index in [-0.39, 0.29) is 5.91 Å². The molecule has 108 valence electrons. The number of amides is 1. The van der Waals surface area contributed by atoms with E-state index in [0.717, 1.165) is 29.9 Å². The number of rotatable bonds is 7. The van der Waals surface area contributed by atoms with E-state index in [0.29, 0.717) is 6.54 Å². The third kappa shape index (κ3) is 4.38. The number of carbonyl (C=O) groups excluding carboxylic acids is 1. The van der Waals surface area contributed by atoms with Gasteiger partial charge in [-0.25, -0.2) is 5.43 Å². The topological polar surface area (TPSA) is 50.4 Å². The summed E-state index contributed by atoms with van der Waals surface area (Å²) in [6.45, 7) is 3.54. The Bertz CT molecular complexity index is 466. The van der Waals surface area contributed by atoms with E-state index >= 15 is 0 Å². The average Bonchev–Trinajstić information content (AvgIpc) is 2.86. The quantitative estimate of drug-likeness (QED) is 0.593. The molecule has 0 aromatic heterocycles. The van der Waals surface area contributed by atoms with Crippen LogP contribution in [0.4, 0.5) is 0 Å². The highest BCUT2D eigenvalue weighted by Crippen LogP contribution is 2.15. The van der Waals surface area contributed by atoms with Gasteiger partial charge in [0.2, 0.25) is 0 Å². The summed E-state index contributed by atoms with van der Waals surface area (Å²) in [5, 5.41) is 0. The molecule has 4 nitrogen and oxygen atoms in total. The molecular weight excluding hydrogens is 252 g/mol. The van der Waals surface area contributed by atoms with Crippen LogP contribution in [-0.2, 0) is 4.79 Å². The van der Waals surface area contributed by atoms with Crippen LogP contribution in [0.5, 0.6) is 5.75 Å². The van der Waals surface area contributed by atoms with Crippen LogP contribution >= 0.6 is 0 Å². The molecule has 0 spiro atoms. The molecule has 2 rings (SSSR count). The smallest absolute Gasteiger partial charge is 0.262 e. The number of hydrogen-bond acceptors (Lipinski definition) is 3. The number of ether oxygens (including phenoxy) is 1. The van der Waals surface area contributed by atoms with E-state index < -0.39 is 0 Å². The number of hydrogen-bond donors (Lipinski definition) is 2. The van der Waals surface area contributed by atoms with Gasteiger partial charge in [-0.1, -0.05) is 38.3 Å². The monoisotopic (exact) mass is 274 g/mol. The minimum absolute atomic E-state index is 0.0544. The molecule has 1 fully saturated rings. The first kappa shape index (κ1) is 14.6. The zero-order valence-electron chi connectivity index (χ0n) is 11.9. The minimum Gasteiger partial charge on any atom is -0.494 e. The van der Waals surface area contributed by atoms with Crippen LogP contribution in [0.1, 0.15) is 38.2 Å². The van der Waals surface area contributed by atoms with Crippen LogP contribution in [-0.4, -0.2) is 19.1 Å². The lowest BCUT2D eigenvalue weighted by molar-refractivity contribution is -0.116. The van der Waals surface area contributed by atoms with Crippen LogP contribution in [0.2, 0.25) is 0 Å². The second-order valence-electron chi connectivity index (χ2n) is 4.96. The number of unbranched alkanes of at least 4 members (excludes halogenated alkanes) is 3.